The van der Waals surface area contributed by atoms with E-state index in [0.717, 1.165) is 10.6 Å². The summed E-state index contributed by atoms with van der Waals surface area (Å²) in [5.74, 6) is 0.256. The Morgan fingerprint density at radius 2 is 1.82 bits per heavy atom. The molecule has 0 unspecified atom stereocenters. The van der Waals surface area contributed by atoms with Crippen LogP contribution in [0.3, 0.4) is 0 Å². The number of hydrogen-bond acceptors (Lipinski definition) is 4. The molecule has 1 heterocycles. The second-order valence-electron chi connectivity index (χ2n) is 3.68. The van der Waals surface area contributed by atoms with Gasteiger partial charge in [0, 0.05) is 9.92 Å². The fourth-order valence-corrected chi connectivity index (χ4v) is 2.90. The Kier molecular flexibility index (Phi) is 2.34. The van der Waals surface area contributed by atoms with Gasteiger partial charge in [-0.15, -0.1) is 0 Å². The van der Waals surface area contributed by atoms with E-state index in [1.54, 1.807) is 12.1 Å². The van der Waals surface area contributed by atoms with Crippen LogP contribution >= 0.6 is 23.4 Å². The van der Waals surface area contributed by atoms with Crippen molar-refractivity contribution in [2.75, 3.05) is 5.32 Å². The summed E-state index contributed by atoms with van der Waals surface area (Å²) in [5.41, 5.74) is 1.35. The van der Waals surface area contributed by atoms with E-state index in [2.05, 4.69) is 5.32 Å². The maximum absolute atomic E-state index is 9.76. The van der Waals surface area contributed by atoms with Gasteiger partial charge in [-0.1, -0.05) is 23.4 Å². The number of benzene rings is 2. The van der Waals surface area contributed by atoms with Crippen LogP contribution in [0.25, 0.3) is 0 Å². The van der Waals surface area contributed by atoms with Gasteiger partial charge in [-0.25, -0.2) is 0 Å². The van der Waals surface area contributed by atoms with Crippen molar-refractivity contribution < 1.29 is 10.2 Å². The number of hydrogen-bond donors (Lipinski definition) is 3. The van der Waals surface area contributed by atoms with Gasteiger partial charge in [0.25, 0.3) is 0 Å². The maximum atomic E-state index is 9.76. The summed E-state index contributed by atoms with van der Waals surface area (Å²) in [6.07, 6.45) is 0. The SMILES string of the molecule is Oc1ccc(O)c2c1Nc1cc(Cl)ccc1S2. The van der Waals surface area contributed by atoms with Crippen LogP contribution in [0.1, 0.15) is 0 Å². The minimum Gasteiger partial charge on any atom is -0.507 e. The molecule has 0 bridgehead atoms. The van der Waals surface area contributed by atoms with Gasteiger partial charge in [0.15, 0.2) is 0 Å². The van der Waals surface area contributed by atoms with E-state index < -0.39 is 0 Å². The minimum absolute atomic E-state index is 0.107. The zero-order valence-electron chi connectivity index (χ0n) is 8.57. The highest BCUT2D eigenvalue weighted by molar-refractivity contribution is 7.99. The van der Waals surface area contributed by atoms with Crippen molar-refractivity contribution in [3.8, 4) is 11.5 Å². The van der Waals surface area contributed by atoms with Crippen LogP contribution in [0, 0.1) is 0 Å². The fraction of sp³-hybridized carbons (Fsp3) is 0. The molecular weight excluding hydrogens is 258 g/mol. The molecule has 0 saturated heterocycles. The van der Waals surface area contributed by atoms with Gasteiger partial charge in [0.05, 0.1) is 16.3 Å². The number of nitrogens with one attached hydrogen (secondary N) is 1. The molecule has 0 radical (unpaired) electrons. The first-order valence-corrected chi connectivity index (χ1v) is 6.14. The largest absolute Gasteiger partial charge is 0.507 e. The average molecular weight is 266 g/mol. The number of phenols is 2. The van der Waals surface area contributed by atoms with Crippen LogP contribution in [-0.2, 0) is 0 Å². The summed E-state index contributed by atoms with van der Waals surface area (Å²) in [6, 6.07) is 8.39. The van der Waals surface area contributed by atoms with Crippen LogP contribution in [0.5, 0.6) is 11.5 Å². The Hall–Kier alpha value is -1.52. The number of aromatic hydroxyl groups is 2. The summed E-state index contributed by atoms with van der Waals surface area (Å²) in [4.78, 5) is 1.59. The third-order valence-corrected chi connectivity index (χ3v) is 3.96. The van der Waals surface area contributed by atoms with Gasteiger partial charge in [-0.2, -0.15) is 0 Å². The lowest BCUT2D eigenvalue weighted by molar-refractivity contribution is 0.451. The van der Waals surface area contributed by atoms with E-state index in [0.29, 0.717) is 15.6 Å². The van der Waals surface area contributed by atoms with Crippen molar-refractivity contribution >= 4 is 34.7 Å². The first-order chi connectivity index (χ1) is 8.15. The number of halogens is 1. The Bertz CT molecular complexity index is 616. The van der Waals surface area contributed by atoms with E-state index in [1.807, 2.05) is 6.07 Å². The fourth-order valence-electron chi connectivity index (χ4n) is 1.72. The number of anilines is 2. The Balaban J connectivity index is 2.17. The molecule has 2 aromatic carbocycles. The van der Waals surface area contributed by atoms with Crippen LogP contribution in [0.4, 0.5) is 11.4 Å². The van der Waals surface area contributed by atoms with Crippen molar-refractivity contribution in [2.24, 2.45) is 0 Å². The zero-order valence-corrected chi connectivity index (χ0v) is 10.1. The Labute approximate surface area is 107 Å². The molecule has 5 heteroatoms. The summed E-state index contributed by atoms with van der Waals surface area (Å²) < 4.78 is 0. The summed E-state index contributed by atoms with van der Waals surface area (Å²) in [5, 5.41) is 23.2. The standard InChI is InChI=1S/C12H8ClNO2S/c13-6-1-4-10-7(5-6)14-11-8(15)2-3-9(16)12(11)17-10/h1-5,14-16H. The highest BCUT2D eigenvalue weighted by Gasteiger charge is 2.21. The number of rotatable bonds is 0. The summed E-state index contributed by atoms with van der Waals surface area (Å²) in [7, 11) is 0. The Morgan fingerprint density at radius 3 is 2.65 bits per heavy atom. The number of phenolic OH excluding ortho intramolecular Hbond substituents is 2. The smallest absolute Gasteiger partial charge is 0.140 e. The normalized spacial score (nSPS) is 12.5. The molecule has 0 amide bonds. The zero-order chi connectivity index (χ0) is 12.0. The molecule has 0 aliphatic carbocycles. The minimum atomic E-state index is 0.107. The van der Waals surface area contributed by atoms with Crippen molar-refractivity contribution in [1.82, 2.24) is 0 Å². The van der Waals surface area contributed by atoms with Crippen molar-refractivity contribution in [3.05, 3.63) is 35.4 Å². The predicted molar refractivity (Wildman–Crippen MR) is 68.6 cm³/mol. The molecular formula is C12H8ClNO2S. The molecule has 86 valence electrons. The molecule has 0 aromatic heterocycles. The van der Waals surface area contributed by atoms with Crippen LogP contribution in [-0.4, -0.2) is 10.2 Å². The van der Waals surface area contributed by atoms with E-state index in [1.165, 1.54) is 23.9 Å². The van der Waals surface area contributed by atoms with Gasteiger partial charge in [-0.05, 0) is 30.3 Å². The summed E-state index contributed by atoms with van der Waals surface area (Å²) >= 11 is 7.31. The molecule has 3 N–H and O–H groups in total. The molecule has 2 aromatic rings. The second kappa shape index (κ2) is 3.75. The van der Waals surface area contributed by atoms with Gasteiger partial charge >= 0.3 is 0 Å². The lowest BCUT2D eigenvalue weighted by Gasteiger charge is -2.22. The molecule has 0 atom stereocenters. The van der Waals surface area contributed by atoms with E-state index in [4.69, 9.17) is 11.6 Å². The maximum Gasteiger partial charge on any atom is 0.140 e. The van der Waals surface area contributed by atoms with Crippen molar-refractivity contribution in [1.29, 1.82) is 0 Å². The van der Waals surface area contributed by atoms with Crippen LogP contribution < -0.4 is 5.32 Å². The lowest BCUT2D eigenvalue weighted by atomic mass is 10.2. The average Bonchev–Trinajstić information content (AvgIpc) is 2.32. The third-order valence-electron chi connectivity index (χ3n) is 2.53. The van der Waals surface area contributed by atoms with Crippen molar-refractivity contribution in [3.63, 3.8) is 0 Å². The molecule has 1 aliphatic rings. The van der Waals surface area contributed by atoms with Gasteiger partial charge in [0.1, 0.15) is 11.5 Å². The van der Waals surface area contributed by atoms with Gasteiger partial charge in [-0.3, -0.25) is 0 Å². The third kappa shape index (κ3) is 1.69. The molecule has 0 saturated carbocycles. The molecule has 3 nitrogen and oxygen atoms in total. The Morgan fingerprint density at radius 1 is 1.06 bits per heavy atom. The first-order valence-electron chi connectivity index (χ1n) is 4.94. The van der Waals surface area contributed by atoms with Crippen molar-refractivity contribution in [2.45, 2.75) is 9.79 Å². The quantitative estimate of drug-likeness (QED) is 0.425. The second-order valence-corrected chi connectivity index (χ2v) is 5.16. The van der Waals surface area contributed by atoms with E-state index >= 15 is 0 Å². The van der Waals surface area contributed by atoms with Crippen LogP contribution in [0.15, 0.2) is 40.1 Å². The molecule has 3 rings (SSSR count). The molecule has 1 aliphatic heterocycles. The van der Waals surface area contributed by atoms with E-state index in [-0.39, 0.29) is 11.5 Å². The lowest BCUT2D eigenvalue weighted by Crippen LogP contribution is -2.00. The van der Waals surface area contributed by atoms with Crippen LogP contribution in [0.2, 0.25) is 5.02 Å². The van der Waals surface area contributed by atoms with E-state index in [9.17, 15) is 10.2 Å². The topological polar surface area (TPSA) is 52.5 Å². The molecule has 17 heavy (non-hydrogen) atoms. The molecule has 0 fully saturated rings. The monoisotopic (exact) mass is 265 g/mol. The van der Waals surface area contributed by atoms with Gasteiger partial charge < -0.3 is 15.5 Å². The molecule has 0 spiro atoms. The summed E-state index contributed by atoms with van der Waals surface area (Å²) in [6.45, 7) is 0. The number of fused-ring (bicyclic) bond motifs is 2. The first kappa shape index (κ1) is 10.6. The van der Waals surface area contributed by atoms with Gasteiger partial charge in [0.2, 0.25) is 0 Å². The highest BCUT2D eigenvalue weighted by Crippen LogP contribution is 2.51. The predicted octanol–water partition coefficient (Wildman–Crippen LogP) is 3.96. The highest BCUT2D eigenvalue weighted by atomic mass is 35.5.